The molecule has 0 aliphatic heterocycles. The summed E-state index contributed by atoms with van der Waals surface area (Å²) in [5.41, 5.74) is 0.927. The molecule has 0 bridgehead atoms. The second-order valence-electron chi connectivity index (χ2n) is 6.84. The zero-order valence-corrected chi connectivity index (χ0v) is 18.6. The Morgan fingerprint density at radius 2 is 1.55 bits per heavy atom. The molecular weight excluding hydrogens is 400 g/mol. The Balaban J connectivity index is 2.57. The Morgan fingerprint density at radius 3 is 2.10 bits per heavy atom. The molecule has 31 heavy (non-hydrogen) atoms. The highest BCUT2D eigenvalue weighted by molar-refractivity contribution is 6.14. The van der Waals surface area contributed by atoms with Gasteiger partial charge in [-0.2, -0.15) is 0 Å². The number of esters is 2. The van der Waals surface area contributed by atoms with Crippen molar-refractivity contribution >= 4 is 33.5 Å². The number of fused-ring (bicyclic) bond motifs is 2. The molecule has 0 amide bonds. The lowest BCUT2D eigenvalue weighted by Gasteiger charge is -2.20. The van der Waals surface area contributed by atoms with Crippen molar-refractivity contribution in [1.82, 2.24) is 0 Å². The predicted octanol–water partition coefficient (Wildman–Crippen LogP) is 4.68. The number of carbonyl (C=O) groups excluding carboxylic acids is 2. The van der Waals surface area contributed by atoms with Crippen molar-refractivity contribution in [3.05, 3.63) is 35.4 Å². The fourth-order valence-corrected chi connectivity index (χ4v) is 3.78. The van der Waals surface area contributed by atoms with Crippen LogP contribution >= 0.6 is 0 Å². The first-order valence-electron chi connectivity index (χ1n) is 9.97. The molecule has 7 nitrogen and oxygen atoms in total. The molecule has 0 saturated carbocycles. The molecule has 0 spiro atoms. The van der Waals surface area contributed by atoms with Crippen LogP contribution in [0.5, 0.6) is 23.0 Å². The van der Waals surface area contributed by atoms with Gasteiger partial charge in [0.1, 0.15) is 22.8 Å². The fourth-order valence-electron chi connectivity index (χ4n) is 3.78. The van der Waals surface area contributed by atoms with E-state index in [2.05, 4.69) is 0 Å². The minimum Gasteiger partial charge on any atom is -0.497 e. The van der Waals surface area contributed by atoms with Crippen molar-refractivity contribution in [3.63, 3.8) is 0 Å². The third-order valence-corrected chi connectivity index (χ3v) is 5.03. The molecule has 0 aromatic heterocycles. The maximum Gasteiger partial charge on any atom is 0.342 e. The van der Waals surface area contributed by atoms with E-state index in [-0.39, 0.29) is 17.9 Å². The van der Waals surface area contributed by atoms with Crippen LogP contribution in [0.4, 0.5) is 0 Å². The normalized spacial score (nSPS) is 10.8. The van der Waals surface area contributed by atoms with Crippen molar-refractivity contribution in [3.8, 4) is 23.0 Å². The van der Waals surface area contributed by atoms with Crippen LogP contribution in [0, 0.1) is 0 Å². The molecule has 0 atom stereocenters. The highest BCUT2D eigenvalue weighted by Crippen LogP contribution is 2.47. The van der Waals surface area contributed by atoms with Gasteiger partial charge in [0.25, 0.3) is 0 Å². The van der Waals surface area contributed by atoms with Gasteiger partial charge in [-0.15, -0.1) is 0 Å². The number of hydrogen-bond donors (Lipinski definition) is 0. The monoisotopic (exact) mass is 426 g/mol. The van der Waals surface area contributed by atoms with E-state index in [0.717, 1.165) is 10.8 Å². The minimum absolute atomic E-state index is 0.122. The van der Waals surface area contributed by atoms with Gasteiger partial charge in [0.2, 0.25) is 0 Å². The lowest BCUT2D eigenvalue weighted by molar-refractivity contribution is -0.131. The van der Waals surface area contributed by atoms with Crippen molar-refractivity contribution in [2.75, 3.05) is 27.9 Å². The van der Waals surface area contributed by atoms with Gasteiger partial charge in [-0.1, -0.05) is 6.92 Å². The van der Waals surface area contributed by atoms with E-state index in [1.165, 1.54) is 14.0 Å². The summed E-state index contributed by atoms with van der Waals surface area (Å²) in [6.07, 6.45) is 0.542. The maximum absolute atomic E-state index is 12.8. The number of hydrogen-bond acceptors (Lipinski definition) is 7. The molecule has 3 aromatic carbocycles. The summed E-state index contributed by atoms with van der Waals surface area (Å²) in [5.74, 6) is 0.600. The van der Waals surface area contributed by atoms with Crippen molar-refractivity contribution in [1.29, 1.82) is 0 Å². The SMILES string of the molecule is CCOC(=O)c1c(CC)cc2cc3cc(OC)cc(OC)c3c(OC)c2c1OC(C)=O. The number of methoxy groups -OCH3 is 3. The summed E-state index contributed by atoms with van der Waals surface area (Å²) in [6, 6.07) is 7.44. The van der Waals surface area contributed by atoms with Crippen LogP contribution in [-0.4, -0.2) is 39.9 Å². The zero-order valence-electron chi connectivity index (χ0n) is 18.6. The Bertz CT molecular complexity index is 1160. The largest absolute Gasteiger partial charge is 0.497 e. The maximum atomic E-state index is 12.8. The molecule has 0 N–H and O–H groups in total. The molecule has 0 radical (unpaired) electrons. The highest BCUT2D eigenvalue weighted by Gasteiger charge is 2.27. The van der Waals surface area contributed by atoms with E-state index >= 15 is 0 Å². The summed E-state index contributed by atoms with van der Waals surface area (Å²) < 4.78 is 27.6. The third kappa shape index (κ3) is 3.95. The van der Waals surface area contributed by atoms with Crippen LogP contribution in [0.2, 0.25) is 0 Å². The van der Waals surface area contributed by atoms with Crippen LogP contribution in [-0.2, 0) is 16.0 Å². The van der Waals surface area contributed by atoms with Crippen LogP contribution in [0.1, 0.15) is 36.7 Å². The molecule has 0 saturated heterocycles. The van der Waals surface area contributed by atoms with Gasteiger partial charge < -0.3 is 23.7 Å². The van der Waals surface area contributed by atoms with Crippen LogP contribution < -0.4 is 18.9 Å². The van der Waals surface area contributed by atoms with Gasteiger partial charge in [0.15, 0.2) is 5.75 Å². The molecule has 3 rings (SSSR count). The highest BCUT2D eigenvalue weighted by atomic mass is 16.5. The van der Waals surface area contributed by atoms with Crippen LogP contribution in [0.15, 0.2) is 24.3 Å². The standard InChI is InChI=1S/C24H26O7/c1-7-14-9-15-10-16-11-17(27-4)12-18(28-5)19(16)22(29-6)20(15)23(31-13(3)25)21(14)24(26)30-8-2/h9-12H,7-8H2,1-6H3. The topological polar surface area (TPSA) is 80.3 Å². The molecule has 3 aromatic rings. The summed E-state index contributed by atoms with van der Waals surface area (Å²) >= 11 is 0. The molecule has 0 aliphatic carbocycles. The Morgan fingerprint density at radius 1 is 0.839 bits per heavy atom. The molecule has 0 aliphatic rings. The first-order valence-corrected chi connectivity index (χ1v) is 9.97. The summed E-state index contributed by atoms with van der Waals surface area (Å²) in [5, 5.41) is 2.74. The quantitative estimate of drug-likeness (QED) is 0.308. The summed E-state index contributed by atoms with van der Waals surface area (Å²) in [4.78, 5) is 24.8. The van der Waals surface area contributed by atoms with Gasteiger partial charge in [0.05, 0.1) is 38.7 Å². The second kappa shape index (κ2) is 9.12. The minimum atomic E-state index is -0.554. The third-order valence-electron chi connectivity index (χ3n) is 5.03. The van der Waals surface area contributed by atoms with E-state index < -0.39 is 11.9 Å². The smallest absolute Gasteiger partial charge is 0.342 e. The lowest BCUT2D eigenvalue weighted by atomic mass is 9.93. The van der Waals surface area contributed by atoms with E-state index in [0.29, 0.717) is 40.0 Å². The first kappa shape index (κ1) is 22.2. The van der Waals surface area contributed by atoms with E-state index in [1.54, 1.807) is 27.2 Å². The van der Waals surface area contributed by atoms with Crippen molar-refractivity contribution in [2.45, 2.75) is 27.2 Å². The predicted molar refractivity (Wildman–Crippen MR) is 118 cm³/mol. The Kier molecular flexibility index (Phi) is 6.53. The molecule has 164 valence electrons. The number of benzene rings is 3. The van der Waals surface area contributed by atoms with E-state index in [1.807, 2.05) is 25.1 Å². The summed E-state index contributed by atoms with van der Waals surface area (Å²) in [6.45, 7) is 5.13. The van der Waals surface area contributed by atoms with Gasteiger partial charge in [-0.05, 0) is 47.9 Å². The molecular formula is C24H26O7. The first-order chi connectivity index (χ1) is 14.9. The van der Waals surface area contributed by atoms with E-state index in [4.69, 9.17) is 23.7 Å². The van der Waals surface area contributed by atoms with Crippen molar-refractivity contribution in [2.24, 2.45) is 0 Å². The number of aryl methyl sites for hydroxylation is 1. The van der Waals surface area contributed by atoms with Gasteiger partial charge in [-0.3, -0.25) is 4.79 Å². The zero-order chi connectivity index (χ0) is 22.7. The molecule has 0 fully saturated rings. The average molecular weight is 426 g/mol. The lowest BCUT2D eigenvalue weighted by Crippen LogP contribution is -2.14. The van der Waals surface area contributed by atoms with Crippen LogP contribution in [0.3, 0.4) is 0 Å². The molecule has 0 heterocycles. The molecule has 7 heteroatoms. The van der Waals surface area contributed by atoms with Gasteiger partial charge in [0, 0.05) is 13.0 Å². The second-order valence-corrected chi connectivity index (χ2v) is 6.84. The summed E-state index contributed by atoms with van der Waals surface area (Å²) in [7, 11) is 4.65. The van der Waals surface area contributed by atoms with Gasteiger partial charge >= 0.3 is 11.9 Å². The molecule has 0 unspecified atom stereocenters. The Labute approximate surface area is 180 Å². The number of carbonyl (C=O) groups is 2. The van der Waals surface area contributed by atoms with Crippen LogP contribution in [0.25, 0.3) is 21.5 Å². The van der Waals surface area contributed by atoms with E-state index in [9.17, 15) is 9.59 Å². The number of ether oxygens (including phenoxy) is 5. The van der Waals surface area contributed by atoms with Gasteiger partial charge in [-0.25, -0.2) is 4.79 Å². The average Bonchev–Trinajstić information content (AvgIpc) is 2.75. The Hall–Kier alpha value is -3.48. The van der Waals surface area contributed by atoms with Crippen molar-refractivity contribution < 1.29 is 33.3 Å². The number of rotatable bonds is 7. The fraction of sp³-hybridized carbons (Fsp3) is 0.333.